The molecule has 1 N–H and O–H groups in total. The third-order valence-electron chi connectivity index (χ3n) is 2.69. The van der Waals surface area contributed by atoms with Gasteiger partial charge < -0.3 is 9.84 Å². The number of allylic oxidation sites excluding steroid dienone is 1. The summed E-state index contributed by atoms with van der Waals surface area (Å²) in [4.78, 5) is 26.0. The molecule has 0 spiro atoms. The number of ether oxygens (including phenoxy) is 1. The molecule has 1 saturated heterocycles. The molecule has 0 bridgehead atoms. The van der Waals surface area contributed by atoms with Gasteiger partial charge in [-0.25, -0.2) is 9.59 Å². The molecule has 1 atom stereocenters. The first kappa shape index (κ1) is 13.5. The Morgan fingerprint density at radius 1 is 1.47 bits per heavy atom. The normalized spacial score (nSPS) is 21.1. The van der Waals surface area contributed by atoms with E-state index in [2.05, 4.69) is 6.58 Å². The zero-order valence-corrected chi connectivity index (χ0v) is 10.2. The fourth-order valence-corrected chi connectivity index (χ4v) is 1.76. The van der Waals surface area contributed by atoms with Crippen LogP contribution in [-0.4, -0.2) is 59.2 Å². The number of rotatable bonds is 3. The van der Waals surface area contributed by atoms with E-state index in [0.717, 1.165) is 6.54 Å². The second-order valence-corrected chi connectivity index (χ2v) is 4.01. The molecule has 1 heterocycles. The van der Waals surface area contributed by atoms with E-state index in [0.29, 0.717) is 19.6 Å². The molecule has 6 heteroatoms. The minimum absolute atomic E-state index is 0.261. The van der Waals surface area contributed by atoms with Crippen LogP contribution in [0.2, 0.25) is 0 Å². The zero-order chi connectivity index (χ0) is 13.0. The number of carbonyl (C=O) groups excluding carboxylic acids is 1. The van der Waals surface area contributed by atoms with Crippen LogP contribution in [0.3, 0.4) is 0 Å². The first-order chi connectivity index (χ1) is 7.95. The Kier molecular flexibility index (Phi) is 4.51. The molecule has 17 heavy (non-hydrogen) atoms. The molecule has 1 amide bonds. The van der Waals surface area contributed by atoms with E-state index in [9.17, 15) is 9.59 Å². The number of carbonyl (C=O) groups is 2. The van der Waals surface area contributed by atoms with Gasteiger partial charge in [0.25, 0.3) is 0 Å². The highest BCUT2D eigenvalue weighted by Crippen LogP contribution is 2.12. The predicted octanol–water partition coefficient (Wildman–Crippen LogP) is 0.747. The smallest absolute Gasteiger partial charge is 0.415 e. The molecule has 1 rings (SSSR count). The lowest BCUT2D eigenvalue weighted by molar-refractivity contribution is -0.144. The number of piperazine rings is 1. The summed E-state index contributed by atoms with van der Waals surface area (Å²) in [6, 6.07) is -0.851. The summed E-state index contributed by atoms with van der Waals surface area (Å²) < 4.78 is 4.85. The first-order valence-corrected chi connectivity index (χ1v) is 5.54. The van der Waals surface area contributed by atoms with E-state index in [-0.39, 0.29) is 5.76 Å². The second kappa shape index (κ2) is 5.67. The molecular weight excluding hydrogens is 224 g/mol. The number of hydrogen-bond donors (Lipinski definition) is 1. The molecule has 96 valence electrons. The highest BCUT2D eigenvalue weighted by atomic mass is 16.6. The third kappa shape index (κ3) is 3.45. The van der Waals surface area contributed by atoms with Gasteiger partial charge in [-0.15, -0.1) is 0 Å². The Morgan fingerprint density at radius 3 is 2.59 bits per heavy atom. The van der Waals surface area contributed by atoms with Crippen molar-refractivity contribution in [2.75, 3.05) is 26.2 Å². The van der Waals surface area contributed by atoms with Crippen LogP contribution in [0.4, 0.5) is 4.79 Å². The zero-order valence-electron chi connectivity index (χ0n) is 10.2. The maximum absolute atomic E-state index is 11.7. The topological polar surface area (TPSA) is 70.1 Å². The van der Waals surface area contributed by atoms with Crippen molar-refractivity contribution >= 4 is 12.1 Å². The second-order valence-electron chi connectivity index (χ2n) is 4.01. The summed E-state index contributed by atoms with van der Waals surface area (Å²) in [7, 11) is 0. The largest absolute Gasteiger partial charge is 0.480 e. The van der Waals surface area contributed by atoms with Crippen molar-refractivity contribution < 1.29 is 19.4 Å². The van der Waals surface area contributed by atoms with Gasteiger partial charge in [-0.3, -0.25) is 9.80 Å². The maximum Gasteiger partial charge on any atom is 0.415 e. The molecule has 0 aromatic rings. The van der Waals surface area contributed by atoms with Gasteiger partial charge in [-0.2, -0.15) is 0 Å². The lowest BCUT2D eigenvalue weighted by Gasteiger charge is -2.38. The molecule has 1 aliphatic heterocycles. The monoisotopic (exact) mass is 242 g/mol. The van der Waals surface area contributed by atoms with E-state index in [4.69, 9.17) is 9.84 Å². The first-order valence-electron chi connectivity index (χ1n) is 5.54. The van der Waals surface area contributed by atoms with Gasteiger partial charge in [-0.05, 0) is 13.5 Å². The number of hydrogen-bond acceptors (Lipinski definition) is 4. The molecular formula is C11H18N2O4. The Bertz CT molecular complexity index is 329. The van der Waals surface area contributed by atoms with Crippen LogP contribution < -0.4 is 0 Å². The summed E-state index contributed by atoms with van der Waals surface area (Å²) in [5.41, 5.74) is 0. The molecule has 6 nitrogen and oxygen atoms in total. The molecule has 0 aromatic heterocycles. The molecule has 1 fully saturated rings. The summed E-state index contributed by atoms with van der Waals surface area (Å²) in [6.45, 7) is 9.09. The minimum Gasteiger partial charge on any atom is -0.480 e. The van der Waals surface area contributed by atoms with Crippen molar-refractivity contribution in [3.8, 4) is 0 Å². The number of likely N-dealkylation sites (N-methyl/N-ethyl adjacent to an activating group) is 1. The van der Waals surface area contributed by atoms with Crippen LogP contribution in [0, 0.1) is 0 Å². The molecule has 0 radical (unpaired) electrons. The molecule has 0 aromatic carbocycles. The van der Waals surface area contributed by atoms with E-state index >= 15 is 0 Å². The van der Waals surface area contributed by atoms with Crippen molar-refractivity contribution in [1.82, 2.24) is 9.80 Å². The van der Waals surface area contributed by atoms with Crippen molar-refractivity contribution in [3.63, 3.8) is 0 Å². The van der Waals surface area contributed by atoms with Crippen molar-refractivity contribution in [3.05, 3.63) is 12.3 Å². The fraction of sp³-hybridized carbons (Fsp3) is 0.636. The van der Waals surface area contributed by atoms with E-state index in [1.165, 1.54) is 4.90 Å². The fourth-order valence-electron chi connectivity index (χ4n) is 1.76. The van der Waals surface area contributed by atoms with Crippen LogP contribution >= 0.6 is 0 Å². The van der Waals surface area contributed by atoms with Crippen LogP contribution in [-0.2, 0) is 9.53 Å². The van der Waals surface area contributed by atoms with Crippen molar-refractivity contribution in [2.45, 2.75) is 19.9 Å². The standard InChI is InChI=1S/C11H18N2O4/c1-4-12-5-6-13(9(7-12)10(14)15)11(16)17-8(2)3/h9H,2,4-7H2,1,3H3,(H,14,15)/t9-/m1/s1. The molecule has 0 saturated carbocycles. The van der Waals surface area contributed by atoms with Crippen LogP contribution in [0.1, 0.15) is 13.8 Å². The number of amides is 1. The number of carboxylic acid groups (broad SMARTS) is 1. The Hall–Kier alpha value is -1.56. The van der Waals surface area contributed by atoms with Crippen LogP contribution in [0.5, 0.6) is 0 Å². The average Bonchev–Trinajstić information content (AvgIpc) is 2.27. The lowest BCUT2D eigenvalue weighted by atomic mass is 10.2. The van der Waals surface area contributed by atoms with Crippen molar-refractivity contribution in [1.29, 1.82) is 0 Å². The van der Waals surface area contributed by atoms with Gasteiger partial charge in [0.1, 0.15) is 6.04 Å². The average molecular weight is 242 g/mol. The quantitative estimate of drug-likeness (QED) is 0.739. The van der Waals surface area contributed by atoms with E-state index < -0.39 is 18.1 Å². The maximum atomic E-state index is 11.7. The number of aliphatic carboxylic acids is 1. The Balaban J connectivity index is 2.73. The summed E-state index contributed by atoms with van der Waals surface area (Å²) >= 11 is 0. The SMILES string of the molecule is C=C(C)OC(=O)N1CCN(CC)C[C@@H]1C(=O)O. The lowest BCUT2D eigenvalue weighted by Crippen LogP contribution is -2.58. The highest BCUT2D eigenvalue weighted by molar-refractivity contribution is 5.80. The molecule has 0 aliphatic carbocycles. The molecule has 0 unspecified atom stereocenters. The minimum atomic E-state index is -1.01. The Morgan fingerprint density at radius 2 is 2.12 bits per heavy atom. The number of nitrogens with zero attached hydrogens (tertiary/aromatic N) is 2. The van der Waals surface area contributed by atoms with Gasteiger partial charge in [0.15, 0.2) is 0 Å². The van der Waals surface area contributed by atoms with Crippen LogP contribution in [0.25, 0.3) is 0 Å². The third-order valence-corrected chi connectivity index (χ3v) is 2.69. The van der Waals surface area contributed by atoms with Crippen molar-refractivity contribution in [2.24, 2.45) is 0 Å². The molecule has 1 aliphatic rings. The van der Waals surface area contributed by atoms with Gasteiger partial charge in [0, 0.05) is 19.6 Å². The van der Waals surface area contributed by atoms with E-state index in [1.54, 1.807) is 6.92 Å². The van der Waals surface area contributed by atoms with E-state index in [1.807, 2.05) is 11.8 Å². The van der Waals surface area contributed by atoms with Gasteiger partial charge in [0.2, 0.25) is 0 Å². The van der Waals surface area contributed by atoms with Crippen LogP contribution in [0.15, 0.2) is 12.3 Å². The Labute approximate surface area is 100 Å². The van der Waals surface area contributed by atoms with Gasteiger partial charge in [0.05, 0.1) is 5.76 Å². The number of carboxylic acids is 1. The van der Waals surface area contributed by atoms with Gasteiger partial charge in [-0.1, -0.05) is 13.5 Å². The summed E-state index contributed by atoms with van der Waals surface area (Å²) in [6.07, 6.45) is -0.638. The highest BCUT2D eigenvalue weighted by Gasteiger charge is 2.35. The predicted molar refractivity (Wildman–Crippen MR) is 61.5 cm³/mol. The summed E-state index contributed by atoms with van der Waals surface area (Å²) in [5, 5.41) is 9.11. The van der Waals surface area contributed by atoms with Gasteiger partial charge >= 0.3 is 12.1 Å². The summed E-state index contributed by atoms with van der Waals surface area (Å²) in [5.74, 6) is -0.751.